The molecule has 0 spiro atoms. The number of hydrogen-bond donors (Lipinski definition) is 0. The van der Waals surface area contributed by atoms with Crippen molar-refractivity contribution in [1.82, 2.24) is 4.98 Å². The molecule has 0 amide bonds. The molecule has 2 nitrogen and oxygen atoms in total. The second kappa shape index (κ2) is 4.79. The first-order valence-corrected chi connectivity index (χ1v) is 7.52. The highest BCUT2D eigenvalue weighted by Crippen LogP contribution is 2.42. The summed E-state index contributed by atoms with van der Waals surface area (Å²) in [5, 5.41) is 9.70. The highest BCUT2D eigenvalue weighted by molar-refractivity contribution is 7.09. The van der Waals surface area contributed by atoms with Crippen LogP contribution in [-0.4, -0.2) is 4.98 Å². The molecule has 0 radical (unpaired) electrons. The van der Waals surface area contributed by atoms with Gasteiger partial charge in [0, 0.05) is 4.88 Å². The van der Waals surface area contributed by atoms with Gasteiger partial charge in [0.2, 0.25) is 0 Å². The topological polar surface area (TPSA) is 36.7 Å². The third-order valence-corrected chi connectivity index (χ3v) is 5.19. The van der Waals surface area contributed by atoms with Crippen LogP contribution in [0.3, 0.4) is 0 Å². The van der Waals surface area contributed by atoms with Crippen LogP contribution < -0.4 is 0 Å². The minimum Gasteiger partial charge on any atom is -0.250 e. The minimum absolute atomic E-state index is 0.285. The molecule has 0 aliphatic heterocycles. The maximum atomic E-state index is 9.70. The minimum atomic E-state index is -0.285. The lowest BCUT2D eigenvalue weighted by atomic mass is 9.79. The number of benzene rings is 1. The number of rotatable bonds is 3. The molecular formula is C16H16N2S. The van der Waals surface area contributed by atoms with Gasteiger partial charge >= 0.3 is 0 Å². The second-order valence-electron chi connectivity index (χ2n) is 5.21. The number of nitriles is 1. The molecule has 1 heterocycles. The number of nitrogens with zero attached hydrogens (tertiary/aromatic N) is 2. The Morgan fingerprint density at radius 2 is 2.26 bits per heavy atom. The van der Waals surface area contributed by atoms with Crippen LogP contribution in [0.15, 0.2) is 29.8 Å². The van der Waals surface area contributed by atoms with E-state index in [1.54, 1.807) is 11.3 Å². The van der Waals surface area contributed by atoms with Crippen LogP contribution in [0.25, 0.3) is 0 Å². The van der Waals surface area contributed by atoms with E-state index in [-0.39, 0.29) is 5.41 Å². The van der Waals surface area contributed by atoms with Gasteiger partial charge in [-0.25, -0.2) is 4.98 Å². The van der Waals surface area contributed by atoms with Gasteiger partial charge in [0.1, 0.15) is 0 Å². The standard InChI is InChI=1S/C16H16N2S/c1-12-15(19-11-18-12)7-9-16(10-17)8-6-13-4-2-3-5-14(13)16/h2-5,11H,6-9H2,1H3. The average Bonchev–Trinajstić information content (AvgIpc) is 3.01. The van der Waals surface area contributed by atoms with Gasteiger partial charge in [-0.15, -0.1) is 11.3 Å². The Morgan fingerprint density at radius 1 is 1.42 bits per heavy atom. The number of thiazole rings is 1. The lowest BCUT2D eigenvalue weighted by Gasteiger charge is -2.21. The van der Waals surface area contributed by atoms with E-state index in [1.165, 1.54) is 16.0 Å². The molecule has 0 fully saturated rings. The molecule has 1 aliphatic carbocycles. The summed E-state index contributed by atoms with van der Waals surface area (Å²) in [6.07, 6.45) is 3.86. The van der Waals surface area contributed by atoms with Gasteiger partial charge in [-0.1, -0.05) is 24.3 Å². The third-order valence-electron chi connectivity index (χ3n) is 4.19. The Kier molecular flexibility index (Phi) is 3.12. The van der Waals surface area contributed by atoms with Crippen molar-refractivity contribution >= 4 is 11.3 Å². The van der Waals surface area contributed by atoms with Gasteiger partial charge in [-0.3, -0.25) is 0 Å². The van der Waals surface area contributed by atoms with Crippen LogP contribution in [0.1, 0.15) is 34.5 Å². The summed E-state index contributed by atoms with van der Waals surface area (Å²) in [6.45, 7) is 2.05. The Bertz CT molecular complexity index is 638. The highest BCUT2D eigenvalue weighted by Gasteiger charge is 2.38. The summed E-state index contributed by atoms with van der Waals surface area (Å²) in [5.41, 5.74) is 5.33. The summed E-state index contributed by atoms with van der Waals surface area (Å²) in [5.74, 6) is 0. The van der Waals surface area contributed by atoms with E-state index in [0.717, 1.165) is 31.4 Å². The SMILES string of the molecule is Cc1ncsc1CCC1(C#N)CCc2ccccc21. The Labute approximate surface area is 117 Å². The zero-order valence-electron chi connectivity index (χ0n) is 11.0. The van der Waals surface area contributed by atoms with E-state index < -0.39 is 0 Å². The second-order valence-corrected chi connectivity index (χ2v) is 6.15. The molecule has 0 saturated carbocycles. The van der Waals surface area contributed by atoms with E-state index in [1.807, 2.05) is 18.5 Å². The summed E-state index contributed by atoms with van der Waals surface area (Å²) in [7, 11) is 0. The van der Waals surface area contributed by atoms with E-state index in [2.05, 4.69) is 29.3 Å². The predicted octanol–water partition coefficient (Wildman–Crippen LogP) is 3.79. The van der Waals surface area contributed by atoms with Gasteiger partial charge in [0.15, 0.2) is 0 Å². The summed E-state index contributed by atoms with van der Waals surface area (Å²) >= 11 is 1.70. The van der Waals surface area contributed by atoms with Crippen molar-refractivity contribution < 1.29 is 0 Å². The number of hydrogen-bond acceptors (Lipinski definition) is 3. The molecule has 3 rings (SSSR count). The maximum absolute atomic E-state index is 9.70. The van der Waals surface area contributed by atoms with E-state index >= 15 is 0 Å². The quantitative estimate of drug-likeness (QED) is 0.849. The van der Waals surface area contributed by atoms with E-state index in [4.69, 9.17) is 0 Å². The van der Waals surface area contributed by atoms with Gasteiger partial charge in [-0.05, 0) is 43.7 Å². The van der Waals surface area contributed by atoms with Crippen LogP contribution in [0, 0.1) is 18.3 Å². The Balaban J connectivity index is 1.86. The predicted molar refractivity (Wildman–Crippen MR) is 77.2 cm³/mol. The summed E-state index contributed by atoms with van der Waals surface area (Å²) in [6, 6.07) is 11.0. The molecule has 0 N–H and O–H groups in total. The lowest BCUT2D eigenvalue weighted by molar-refractivity contribution is 0.501. The molecule has 1 aromatic carbocycles. The fourth-order valence-electron chi connectivity index (χ4n) is 3.01. The fraction of sp³-hybridized carbons (Fsp3) is 0.375. The molecule has 19 heavy (non-hydrogen) atoms. The van der Waals surface area contributed by atoms with Crippen molar-refractivity contribution in [2.45, 2.75) is 38.0 Å². The van der Waals surface area contributed by atoms with Crippen molar-refractivity contribution in [3.05, 3.63) is 51.5 Å². The Hall–Kier alpha value is -1.66. The van der Waals surface area contributed by atoms with Gasteiger partial charge in [0.05, 0.1) is 22.7 Å². The zero-order valence-corrected chi connectivity index (χ0v) is 11.8. The first kappa shape index (κ1) is 12.4. The molecule has 2 aromatic rings. The van der Waals surface area contributed by atoms with Gasteiger partial charge < -0.3 is 0 Å². The average molecular weight is 268 g/mol. The number of aryl methyl sites for hydroxylation is 3. The molecular weight excluding hydrogens is 252 g/mol. The third kappa shape index (κ3) is 2.06. The molecule has 1 aromatic heterocycles. The van der Waals surface area contributed by atoms with Crippen molar-refractivity contribution in [3.63, 3.8) is 0 Å². The van der Waals surface area contributed by atoms with Crippen LogP contribution in [0.4, 0.5) is 0 Å². The molecule has 0 saturated heterocycles. The van der Waals surface area contributed by atoms with Gasteiger partial charge in [0.25, 0.3) is 0 Å². The van der Waals surface area contributed by atoms with E-state index in [0.29, 0.717) is 0 Å². The summed E-state index contributed by atoms with van der Waals surface area (Å²) in [4.78, 5) is 5.61. The first-order chi connectivity index (χ1) is 9.25. The van der Waals surface area contributed by atoms with Crippen molar-refractivity contribution in [3.8, 4) is 6.07 Å². The van der Waals surface area contributed by atoms with Crippen LogP contribution in [0.2, 0.25) is 0 Å². The highest BCUT2D eigenvalue weighted by atomic mass is 32.1. The monoisotopic (exact) mass is 268 g/mol. The molecule has 0 bridgehead atoms. The molecule has 96 valence electrons. The van der Waals surface area contributed by atoms with Crippen LogP contribution in [0.5, 0.6) is 0 Å². The lowest BCUT2D eigenvalue weighted by Crippen LogP contribution is -2.21. The normalized spacial score (nSPS) is 21.1. The van der Waals surface area contributed by atoms with Crippen LogP contribution in [-0.2, 0) is 18.3 Å². The molecule has 1 atom stereocenters. The van der Waals surface area contributed by atoms with Crippen molar-refractivity contribution in [2.24, 2.45) is 0 Å². The number of aromatic nitrogens is 1. The van der Waals surface area contributed by atoms with Crippen molar-refractivity contribution in [1.29, 1.82) is 5.26 Å². The maximum Gasteiger partial charge on any atom is 0.0831 e. The van der Waals surface area contributed by atoms with E-state index in [9.17, 15) is 5.26 Å². The smallest absolute Gasteiger partial charge is 0.0831 e. The molecule has 3 heteroatoms. The first-order valence-electron chi connectivity index (χ1n) is 6.64. The largest absolute Gasteiger partial charge is 0.250 e. The van der Waals surface area contributed by atoms with Gasteiger partial charge in [-0.2, -0.15) is 5.26 Å². The fourth-order valence-corrected chi connectivity index (χ4v) is 3.79. The Morgan fingerprint density at radius 3 is 3.00 bits per heavy atom. The molecule has 1 aliphatic rings. The molecule has 1 unspecified atom stereocenters. The van der Waals surface area contributed by atoms with Crippen molar-refractivity contribution in [2.75, 3.05) is 0 Å². The summed E-state index contributed by atoms with van der Waals surface area (Å²) < 4.78 is 0. The zero-order chi connectivity index (χ0) is 13.3. The number of fused-ring (bicyclic) bond motifs is 1. The van der Waals surface area contributed by atoms with Crippen LogP contribution >= 0.6 is 11.3 Å².